The van der Waals surface area contributed by atoms with Gasteiger partial charge in [-0.2, -0.15) is 0 Å². The van der Waals surface area contributed by atoms with Gasteiger partial charge in [0, 0.05) is 0 Å². The van der Waals surface area contributed by atoms with E-state index in [9.17, 15) is 4.79 Å². The molecule has 0 saturated heterocycles. The third kappa shape index (κ3) is 2.79. The lowest BCUT2D eigenvalue weighted by Gasteiger charge is -2.07. The molecule has 2 aromatic carbocycles. The summed E-state index contributed by atoms with van der Waals surface area (Å²) in [6.07, 6.45) is 0. The second-order valence-corrected chi connectivity index (χ2v) is 3.61. The molecule has 4 nitrogen and oxygen atoms in total. The van der Waals surface area contributed by atoms with Crippen molar-refractivity contribution in [2.75, 3.05) is 7.11 Å². The molecule has 0 fully saturated rings. The van der Waals surface area contributed by atoms with Gasteiger partial charge < -0.3 is 14.6 Å². The van der Waals surface area contributed by atoms with E-state index in [1.807, 2.05) is 0 Å². The molecule has 0 saturated carbocycles. The molecule has 0 spiro atoms. The minimum Gasteiger partial charge on any atom is -0.497 e. The number of benzene rings is 2. The Balaban J connectivity index is 2.17. The summed E-state index contributed by atoms with van der Waals surface area (Å²) in [5.41, 5.74) is 0.195. The molecule has 4 heteroatoms. The molecule has 2 aromatic rings. The molecule has 0 heterocycles. The highest BCUT2D eigenvalue weighted by atomic mass is 16.5. The lowest BCUT2D eigenvalue weighted by molar-refractivity contribution is 0.0696. The van der Waals surface area contributed by atoms with Gasteiger partial charge in [-0.15, -0.1) is 0 Å². The van der Waals surface area contributed by atoms with E-state index in [1.165, 1.54) is 12.1 Å². The van der Waals surface area contributed by atoms with E-state index in [-0.39, 0.29) is 5.56 Å². The molecule has 0 aromatic heterocycles. The fraction of sp³-hybridized carbons (Fsp3) is 0.0714. The standard InChI is InChI=1S/C14H12O4/c1-17-11-5-7-12(8-6-11)18-13-4-2-3-10(9-13)14(15)16/h2-9H,1H3,(H,15,16). The fourth-order valence-corrected chi connectivity index (χ4v) is 1.47. The Labute approximate surface area is 104 Å². The summed E-state index contributed by atoms with van der Waals surface area (Å²) >= 11 is 0. The van der Waals surface area contributed by atoms with Crippen LogP contribution >= 0.6 is 0 Å². The summed E-state index contributed by atoms with van der Waals surface area (Å²) < 4.78 is 10.6. The molecule has 1 N–H and O–H groups in total. The normalized spacial score (nSPS) is 9.83. The molecule has 0 aliphatic heterocycles. The van der Waals surface area contributed by atoms with Gasteiger partial charge in [0.25, 0.3) is 0 Å². The third-order valence-electron chi connectivity index (χ3n) is 2.38. The maximum atomic E-state index is 10.8. The van der Waals surface area contributed by atoms with Crippen molar-refractivity contribution in [3.63, 3.8) is 0 Å². The summed E-state index contributed by atoms with van der Waals surface area (Å²) in [4.78, 5) is 10.8. The molecule has 92 valence electrons. The third-order valence-corrected chi connectivity index (χ3v) is 2.38. The topological polar surface area (TPSA) is 55.8 Å². The molecule has 0 amide bonds. The molecule has 0 atom stereocenters. The number of carboxylic acids is 1. The summed E-state index contributed by atoms with van der Waals surface area (Å²) in [5, 5.41) is 8.87. The van der Waals surface area contributed by atoms with Crippen LogP contribution in [0, 0.1) is 0 Å². The Morgan fingerprint density at radius 3 is 2.28 bits per heavy atom. The molecule has 0 bridgehead atoms. The first-order valence-corrected chi connectivity index (χ1v) is 5.34. The van der Waals surface area contributed by atoms with Gasteiger partial charge in [0.05, 0.1) is 12.7 Å². The summed E-state index contributed by atoms with van der Waals surface area (Å²) in [6.45, 7) is 0. The van der Waals surface area contributed by atoms with E-state index >= 15 is 0 Å². The Kier molecular flexibility index (Phi) is 3.48. The van der Waals surface area contributed by atoms with Gasteiger partial charge in [0.15, 0.2) is 0 Å². The van der Waals surface area contributed by atoms with Crippen LogP contribution in [-0.2, 0) is 0 Å². The number of hydrogen-bond donors (Lipinski definition) is 1. The molecule has 2 rings (SSSR count). The Morgan fingerprint density at radius 1 is 1.00 bits per heavy atom. The zero-order valence-electron chi connectivity index (χ0n) is 9.79. The van der Waals surface area contributed by atoms with E-state index < -0.39 is 5.97 Å². The van der Waals surface area contributed by atoms with Crippen molar-refractivity contribution in [1.82, 2.24) is 0 Å². The number of aromatic carboxylic acids is 1. The largest absolute Gasteiger partial charge is 0.497 e. The van der Waals surface area contributed by atoms with Crippen molar-refractivity contribution in [2.24, 2.45) is 0 Å². The van der Waals surface area contributed by atoms with Crippen molar-refractivity contribution >= 4 is 5.97 Å². The molecule has 0 aliphatic carbocycles. The lowest BCUT2D eigenvalue weighted by atomic mass is 10.2. The average Bonchev–Trinajstić information content (AvgIpc) is 2.40. The second-order valence-electron chi connectivity index (χ2n) is 3.61. The number of methoxy groups -OCH3 is 1. The van der Waals surface area contributed by atoms with E-state index in [0.29, 0.717) is 11.5 Å². The molecule has 0 unspecified atom stereocenters. The van der Waals surface area contributed by atoms with Gasteiger partial charge in [-0.3, -0.25) is 0 Å². The van der Waals surface area contributed by atoms with Gasteiger partial charge in [0.2, 0.25) is 0 Å². The minimum atomic E-state index is -0.977. The predicted molar refractivity (Wildman–Crippen MR) is 66.5 cm³/mol. The first-order chi connectivity index (χ1) is 8.69. The highest BCUT2D eigenvalue weighted by Gasteiger charge is 2.04. The Morgan fingerprint density at radius 2 is 1.67 bits per heavy atom. The molecule has 0 radical (unpaired) electrons. The van der Waals surface area contributed by atoms with E-state index in [2.05, 4.69) is 0 Å². The highest BCUT2D eigenvalue weighted by molar-refractivity contribution is 5.88. The van der Waals surface area contributed by atoms with Crippen LogP contribution in [0.4, 0.5) is 0 Å². The second kappa shape index (κ2) is 5.23. The number of ether oxygens (including phenoxy) is 2. The van der Waals surface area contributed by atoms with E-state index in [1.54, 1.807) is 43.5 Å². The molecular formula is C14H12O4. The smallest absolute Gasteiger partial charge is 0.335 e. The maximum Gasteiger partial charge on any atom is 0.335 e. The quantitative estimate of drug-likeness (QED) is 0.897. The van der Waals surface area contributed by atoms with Crippen molar-refractivity contribution in [3.8, 4) is 17.2 Å². The lowest BCUT2D eigenvalue weighted by Crippen LogP contribution is -1.96. The number of carboxylic acid groups (broad SMARTS) is 1. The highest BCUT2D eigenvalue weighted by Crippen LogP contribution is 2.24. The molecule has 0 aliphatic rings. The van der Waals surface area contributed by atoms with Crippen LogP contribution in [0.15, 0.2) is 48.5 Å². The summed E-state index contributed by atoms with van der Waals surface area (Å²) in [7, 11) is 1.59. The van der Waals surface area contributed by atoms with Crippen LogP contribution in [0.3, 0.4) is 0 Å². The SMILES string of the molecule is COc1ccc(Oc2cccc(C(=O)O)c2)cc1. The van der Waals surface area contributed by atoms with Crippen molar-refractivity contribution in [3.05, 3.63) is 54.1 Å². The van der Waals surface area contributed by atoms with Crippen molar-refractivity contribution < 1.29 is 19.4 Å². The van der Waals surface area contributed by atoms with Crippen LogP contribution in [-0.4, -0.2) is 18.2 Å². The van der Waals surface area contributed by atoms with Crippen molar-refractivity contribution in [2.45, 2.75) is 0 Å². The average molecular weight is 244 g/mol. The van der Waals surface area contributed by atoms with Crippen LogP contribution in [0.2, 0.25) is 0 Å². The van der Waals surface area contributed by atoms with Gasteiger partial charge >= 0.3 is 5.97 Å². The van der Waals surface area contributed by atoms with Crippen molar-refractivity contribution in [1.29, 1.82) is 0 Å². The van der Waals surface area contributed by atoms with Crippen LogP contribution < -0.4 is 9.47 Å². The van der Waals surface area contributed by atoms with E-state index in [4.69, 9.17) is 14.6 Å². The first-order valence-electron chi connectivity index (χ1n) is 5.34. The minimum absolute atomic E-state index is 0.195. The summed E-state index contributed by atoms with van der Waals surface area (Å²) in [6, 6.07) is 13.4. The number of carbonyl (C=O) groups is 1. The fourth-order valence-electron chi connectivity index (χ4n) is 1.47. The molecular weight excluding hydrogens is 232 g/mol. The maximum absolute atomic E-state index is 10.8. The van der Waals surface area contributed by atoms with Crippen LogP contribution in [0.5, 0.6) is 17.2 Å². The molecule has 18 heavy (non-hydrogen) atoms. The first kappa shape index (κ1) is 12.0. The van der Waals surface area contributed by atoms with Gasteiger partial charge in [-0.25, -0.2) is 4.79 Å². The number of hydrogen-bond acceptors (Lipinski definition) is 3. The number of rotatable bonds is 4. The van der Waals surface area contributed by atoms with Gasteiger partial charge in [-0.1, -0.05) is 6.07 Å². The predicted octanol–water partition coefficient (Wildman–Crippen LogP) is 3.19. The Hall–Kier alpha value is -2.49. The van der Waals surface area contributed by atoms with E-state index in [0.717, 1.165) is 5.75 Å². The Bertz CT molecular complexity index is 546. The zero-order valence-corrected chi connectivity index (χ0v) is 9.79. The summed E-state index contributed by atoms with van der Waals surface area (Å²) in [5.74, 6) is 0.871. The monoisotopic (exact) mass is 244 g/mol. The van der Waals surface area contributed by atoms with Crippen LogP contribution in [0.25, 0.3) is 0 Å². The zero-order chi connectivity index (χ0) is 13.0. The van der Waals surface area contributed by atoms with Crippen LogP contribution in [0.1, 0.15) is 10.4 Å². The van der Waals surface area contributed by atoms with Gasteiger partial charge in [-0.05, 0) is 42.5 Å². The van der Waals surface area contributed by atoms with Gasteiger partial charge in [0.1, 0.15) is 17.2 Å².